The number of hydrogen-bond donors (Lipinski definition) is 2. The molecular weight excluding hydrogens is 251 g/mol. The predicted molar refractivity (Wildman–Crippen MR) is 57.3 cm³/mol. The second-order valence-electron chi connectivity index (χ2n) is 3.67. The third-order valence-corrected chi connectivity index (χ3v) is 2.34. The molecule has 0 saturated carbocycles. The van der Waals surface area contributed by atoms with E-state index in [2.05, 4.69) is 0 Å². The van der Waals surface area contributed by atoms with Crippen LogP contribution in [-0.2, 0) is 11.2 Å². The first-order valence-corrected chi connectivity index (χ1v) is 4.96. The number of carbonyl (C=O) groups is 1. The van der Waals surface area contributed by atoms with Crippen molar-refractivity contribution in [1.29, 1.82) is 0 Å². The molecule has 0 amide bonds. The van der Waals surface area contributed by atoms with Gasteiger partial charge in [0.05, 0.1) is 13.5 Å². The van der Waals surface area contributed by atoms with Gasteiger partial charge < -0.3 is 15.6 Å². The molecule has 7 heteroatoms. The topological polar surface area (TPSA) is 72.5 Å². The normalized spacial score (nSPS) is 13.2. The molecule has 4 nitrogen and oxygen atoms in total. The number of carboxylic acid groups (broad SMARTS) is 1. The van der Waals surface area contributed by atoms with E-state index < -0.39 is 18.2 Å². The molecule has 1 aromatic rings. The smallest absolute Gasteiger partial charge is 0.407 e. The van der Waals surface area contributed by atoms with Gasteiger partial charge in [-0.3, -0.25) is 4.79 Å². The summed E-state index contributed by atoms with van der Waals surface area (Å²) in [6.07, 6.45) is -4.99. The van der Waals surface area contributed by atoms with Gasteiger partial charge in [-0.25, -0.2) is 0 Å². The molecule has 0 heterocycles. The van der Waals surface area contributed by atoms with Crippen LogP contribution in [-0.4, -0.2) is 24.4 Å². The van der Waals surface area contributed by atoms with Crippen LogP contribution >= 0.6 is 0 Å². The van der Waals surface area contributed by atoms with Crippen LogP contribution in [0.25, 0.3) is 0 Å². The van der Waals surface area contributed by atoms with E-state index in [-0.39, 0.29) is 23.3 Å². The Balaban J connectivity index is 3.17. The summed E-state index contributed by atoms with van der Waals surface area (Å²) in [5, 5.41) is 8.60. The minimum atomic E-state index is -4.62. The number of aliphatic carboxylic acids is 1. The molecule has 0 aliphatic carbocycles. The fraction of sp³-hybridized carbons (Fsp3) is 0.364. The quantitative estimate of drug-likeness (QED) is 0.870. The number of methoxy groups -OCH3 is 1. The standard InChI is InChI=1S/C11H12F3NO3/c1-18-8-3-2-6(5-9(16)17)4-7(8)10(15)11(12,13)14/h2-4,10H,5,15H2,1H3,(H,16,17)/t10-/m0/s1. The summed E-state index contributed by atoms with van der Waals surface area (Å²) >= 11 is 0. The van der Waals surface area contributed by atoms with Crippen LogP contribution < -0.4 is 10.5 Å². The molecule has 0 aliphatic rings. The second-order valence-corrected chi connectivity index (χ2v) is 3.67. The summed E-state index contributed by atoms with van der Waals surface area (Å²) in [5.74, 6) is -1.15. The third kappa shape index (κ3) is 3.36. The van der Waals surface area contributed by atoms with Crippen LogP contribution in [0.15, 0.2) is 18.2 Å². The highest BCUT2D eigenvalue weighted by Gasteiger charge is 2.39. The molecular formula is C11H12F3NO3. The molecule has 100 valence electrons. The first kappa shape index (κ1) is 14.3. The minimum absolute atomic E-state index is 0.0195. The maximum atomic E-state index is 12.5. The molecule has 0 fully saturated rings. The SMILES string of the molecule is COc1ccc(CC(=O)O)cc1[C@H](N)C(F)(F)F. The van der Waals surface area contributed by atoms with Gasteiger partial charge in [0.1, 0.15) is 11.8 Å². The number of alkyl halides is 3. The average Bonchev–Trinajstić information content (AvgIpc) is 2.26. The van der Waals surface area contributed by atoms with Gasteiger partial charge in [0.2, 0.25) is 0 Å². The van der Waals surface area contributed by atoms with Crippen molar-refractivity contribution in [2.75, 3.05) is 7.11 Å². The number of nitrogens with two attached hydrogens (primary N) is 1. The molecule has 0 spiro atoms. The Morgan fingerprint density at radius 1 is 1.50 bits per heavy atom. The van der Waals surface area contributed by atoms with Gasteiger partial charge in [-0.1, -0.05) is 6.07 Å². The van der Waals surface area contributed by atoms with E-state index in [9.17, 15) is 18.0 Å². The average molecular weight is 263 g/mol. The first-order chi connectivity index (χ1) is 8.25. The summed E-state index contributed by atoms with van der Waals surface area (Å²) < 4.78 is 42.4. The van der Waals surface area contributed by atoms with E-state index in [1.807, 2.05) is 0 Å². The lowest BCUT2D eigenvalue weighted by Gasteiger charge is -2.19. The van der Waals surface area contributed by atoms with Crippen LogP contribution in [0.3, 0.4) is 0 Å². The molecule has 0 bridgehead atoms. The highest BCUT2D eigenvalue weighted by Crippen LogP contribution is 2.35. The van der Waals surface area contributed by atoms with Crippen molar-refractivity contribution in [2.45, 2.75) is 18.6 Å². The van der Waals surface area contributed by atoms with Crippen LogP contribution in [0.2, 0.25) is 0 Å². The summed E-state index contributed by atoms with van der Waals surface area (Å²) in [4.78, 5) is 10.5. The molecule has 1 atom stereocenters. The van der Waals surface area contributed by atoms with E-state index in [0.29, 0.717) is 0 Å². The van der Waals surface area contributed by atoms with Crippen molar-refractivity contribution in [3.63, 3.8) is 0 Å². The first-order valence-electron chi connectivity index (χ1n) is 4.96. The Hall–Kier alpha value is -1.76. The number of carboxylic acids is 1. The van der Waals surface area contributed by atoms with Gasteiger partial charge >= 0.3 is 12.1 Å². The van der Waals surface area contributed by atoms with E-state index in [0.717, 1.165) is 6.07 Å². The molecule has 1 aromatic carbocycles. The van der Waals surface area contributed by atoms with Crippen molar-refractivity contribution in [3.8, 4) is 5.75 Å². The second kappa shape index (κ2) is 5.26. The summed E-state index contributed by atoms with van der Waals surface area (Å²) in [6.45, 7) is 0. The lowest BCUT2D eigenvalue weighted by atomic mass is 10.0. The zero-order valence-electron chi connectivity index (χ0n) is 9.49. The van der Waals surface area contributed by atoms with Crippen molar-refractivity contribution < 1.29 is 27.8 Å². The van der Waals surface area contributed by atoms with Gasteiger partial charge in [0.25, 0.3) is 0 Å². The van der Waals surface area contributed by atoms with Crippen LogP contribution in [0, 0.1) is 0 Å². The molecule has 0 aliphatic heterocycles. The summed E-state index contributed by atoms with van der Waals surface area (Å²) in [6, 6.07) is 1.56. The molecule has 0 unspecified atom stereocenters. The van der Waals surface area contributed by atoms with Crippen LogP contribution in [0.4, 0.5) is 13.2 Å². The maximum absolute atomic E-state index is 12.5. The fourth-order valence-electron chi connectivity index (χ4n) is 1.49. The molecule has 0 aromatic heterocycles. The molecule has 18 heavy (non-hydrogen) atoms. The minimum Gasteiger partial charge on any atom is -0.496 e. The largest absolute Gasteiger partial charge is 0.496 e. The maximum Gasteiger partial charge on any atom is 0.407 e. The Bertz CT molecular complexity index is 446. The molecule has 0 radical (unpaired) electrons. The Morgan fingerprint density at radius 2 is 2.11 bits per heavy atom. The lowest BCUT2D eigenvalue weighted by molar-refractivity contribution is -0.149. The van der Waals surface area contributed by atoms with Crippen molar-refractivity contribution in [1.82, 2.24) is 0 Å². The highest BCUT2D eigenvalue weighted by atomic mass is 19.4. The highest BCUT2D eigenvalue weighted by molar-refractivity contribution is 5.70. The van der Waals surface area contributed by atoms with Gasteiger partial charge in [0, 0.05) is 5.56 Å². The van der Waals surface area contributed by atoms with E-state index in [1.165, 1.54) is 19.2 Å². The third-order valence-electron chi connectivity index (χ3n) is 2.34. The zero-order chi connectivity index (χ0) is 13.9. The van der Waals surface area contributed by atoms with Gasteiger partial charge in [-0.05, 0) is 17.7 Å². The molecule has 0 saturated heterocycles. The summed E-state index contributed by atoms with van der Waals surface area (Å²) in [5.41, 5.74) is 5.06. The van der Waals surface area contributed by atoms with E-state index in [4.69, 9.17) is 15.6 Å². The number of hydrogen-bond acceptors (Lipinski definition) is 3. The molecule has 3 N–H and O–H groups in total. The predicted octanol–water partition coefficient (Wildman–Crippen LogP) is 1.88. The van der Waals surface area contributed by atoms with Gasteiger partial charge in [-0.15, -0.1) is 0 Å². The Morgan fingerprint density at radius 3 is 2.56 bits per heavy atom. The number of rotatable bonds is 4. The molecule has 1 rings (SSSR count). The fourth-order valence-corrected chi connectivity index (χ4v) is 1.49. The van der Waals surface area contributed by atoms with E-state index >= 15 is 0 Å². The lowest BCUT2D eigenvalue weighted by Crippen LogP contribution is -2.29. The monoisotopic (exact) mass is 263 g/mol. The van der Waals surface area contributed by atoms with Crippen molar-refractivity contribution in [2.24, 2.45) is 5.73 Å². The van der Waals surface area contributed by atoms with Crippen LogP contribution in [0.5, 0.6) is 5.75 Å². The van der Waals surface area contributed by atoms with Crippen LogP contribution in [0.1, 0.15) is 17.2 Å². The Kier molecular flexibility index (Phi) is 4.18. The number of halogens is 3. The summed E-state index contributed by atoms with van der Waals surface area (Å²) in [7, 11) is 1.22. The van der Waals surface area contributed by atoms with E-state index in [1.54, 1.807) is 0 Å². The Labute approximate surface area is 101 Å². The van der Waals surface area contributed by atoms with Gasteiger partial charge in [-0.2, -0.15) is 13.2 Å². The van der Waals surface area contributed by atoms with Gasteiger partial charge in [0.15, 0.2) is 0 Å². The van der Waals surface area contributed by atoms with Crippen molar-refractivity contribution >= 4 is 5.97 Å². The number of ether oxygens (including phenoxy) is 1. The van der Waals surface area contributed by atoms with Crippen molar-refractivity contribution in [3.05, 3.63) is 29.3 Å². The number of benzene rings is 1. The zero-order valence-corrected chi connectivity index (χ0v) is 9.49.